The lowest BCUT2D eigenvalue weighted by atomic mass is 10.1. The van der Waals surface area contributed by atoms with Crippen LogP contribution < -0.4 is 20.7 Å². The average molecular weight is 355 g/mol. The fourth-order valence-corrected chi connectivity index (χ4v) is 3.25. The molecular weight excluding hydrogens is 332 g/mol. The Hall–Kier alpha value is -1.99. The number of benzene rings is 1. The molecule has 2 aliphatic rings. The van der Waals surface area contributed by atoms with Gasteiger partial charge < -0.3 is 20.7 Å². The number of hydrogen-bond acceptors (Lipinski definition) is 4. The number of rotatable bonds is 4. The average Bonchev–Trinajstić information content (AvgIpc) is 3.22. The predicted molar refractivity (Wildman–Crippen MR) is 94.1 cm³/mol. The summed E-state index contributed by atoms with van der Waals surface area (Å²) in [5.74, 6) is 0.539. The van der Waals surface area contributed by atoms with Crippen LogP contribution >= 0.6 is 12.4 Å². The monoisotopic (exact) mass is 354 g/mol. The molecule has 2 saturated heterocycles. The first kappa shape index (κ1) is 18.4. The standard InChI is InChI=1S/C16H22N4O3.ClH/c1-23-14-5-4-11(9-13(14)20-8-6-18-16(20)22)15(21)19-7-2-3-12(19)10-17;/h4-5,9,12H,2-3,6-8,10,17H2,1H3,(H,18,22);1H. The van der Waals surface area contributed by atoms with Crippen molar-refractivity contribution >= 4 is 30.0 Å². The summed E-state index contributed by atoms with van der Waals surface area (Å²) in [7, 11) is 1.55. The summed E-state index contributed by atoms with van der Waals surface area (Å²) in [5.41, 5.74) is 6.94. The van der Waals surface area contributed by atoms with Gasteiger partial charge in [0.1, 0.15) is 5.75 Å². The summed E-state index contributed by atoms with van der Waals surface area (Å²) in [4.78, 5) is 28.1. The number of hydrogen-bond donors (Lipinski definition) is 2. The maximum absolute atomic E-state index is 12.8. The third kappa shape index (κ3) is 3.27. The van der Waals surface area contributed by atoms with Gasteiger partial charge in [-0.2, -0.15) is 0 Å². The Morgan fingerprint density at radius 1 is 1.42 bits per heavy atom. The molecule has 2 aliphatic heterocycles. The van der Waals surface area contributed by atoms with Crippen molar-refractivity contribution in [2.24, 2.45) is 5.73 Å². The first-order valence-electron chi connectivity index (χ1n) is 7.90. The van der Waals surface area contributed by atoms with Crippen molar-refractivity contribution in [3.05, 3.63) is 23.8 Å². The van der Waals surface area contributed by atoms with E-state index in [-0.39, 0.29) is 30.4 Å². The molecule has 0 radical (unpaired) electrons. The number of nitrogens with two attached hydrogens (primary N) is 1. The van der Waals surface area contributed by atoms with Gasteiger partial charge in [-0.1, -0.05) is 0 Å². The first-order valence-corrected chi connectivity index (χ1v) is 7.90. The highest BCUT2D eigenvalue weighted by Gasteiger charge is 2.30. The van der Waals surface area contributed by atoms with Gasteiger partial charge in [-0.25, -0.2) is 4.79 Å². The Morgan fingerprint density at radius 2 is 2.21 bits per heavy atom. The van der Waals surface area contributed by atoms with Crippen LogP contribution in [0, 0.1) is 0 Å². The minimum Gasteiger partial charge on any atom is -0.495 e. The van der Waals surface area contributed by atoms with E-state index in [1.54, 1.807) is 30.2 Å². The Kier molecular flexibility index (Phi) is 5.90. The summed E-state index contributed by atoms with van der Waals surface area (Å²) in [6, 6.07) is 5.14. The number of urea groups is 1. The molecule has 3 N–H and O–H groups in total. The lowest BCUT2D eigenvalue weighted by molar-refractivity contribution is 0.0741. The number of ether oxygens (including phenoxy) is 1. The van der Waals surface area contributed by atoms with Crippen molar-refractivity contribution in [2.75, 3.05) is 38.2 Å². The molecule has 1 aromatic carbocycles. The van der Waals surface area contributed by atoms with E-state index in [0.717, 1.165) is 19.4 Å². The summed E-state index contributed by atoms with van der Waals surface area (Å²) < 4.78 is 5.34. The van der Waals surface area contributed by atoms with Gasteiger partial charge in [0.2, 0.25) is 0 Å². The van der Waals surface area contributed by atoms with Crippen molar-refractivity contribution < 1.29 is 14.3 Å². The van der Waals surface area contributed by atoms with Crippen LogP contribution in [0.3, 0.4) is 0 Å². The van der Waals surface area contributed by atoms with Crippen LogP contribution in [0.15, 0.2) is 18.2 Å². The lowest BCUT2D eigenvalue weighted by Crippen LogP contribution is -2.40. The quantitative estimate of drug-likeness (QED) is 0.850. The molecule has 24 heavy (non-hydrogen) atoms. The van der Waals surface area contributed by atoms with Crippen molar-refractivity contribution in [3.63, 3.8) is 0 Å². The van der Waals surface area contributed by atoms with Crippen LogP contribution in [-0.4, -0.2) is 56.2 Å². The van der Waals surface area contributed by atoms with Crippen LogP contribution in [0.25, 0.3) is 0 Å². The van der Waals surface area contributed by atoms with Gasteiger partial charge in [-0.3, -0.25) is 9.69 Å². The molecule has 0 aliphatic carbocycles. The molecule has 1 atom stereocenters. The molecular formula is C16H23ClN4O3. The van der Waals surface area contributed by atoms with Gasteiger partial charge in [0, 0.05) is 37.8 Å². The number of nitrogens with one attached hydrogen (secondary N) is 1. The van der Waals surface area contributed by atoms with E-state index in [2.05, 4.69) is 5.32 Å². The van der Waals surface area contributed by atoms with Crippen LogP contribution in [0.5, 0.6) is 5.75 Å². The van der Waals surface area contributed by atoms with Crippen LogP contribution in [0.1, 0.15) is 23.2 Å². The number of amides is 3. The van der Waals surface area contributed by atoms with E-state index < -0.39 is 0 Å². The molecule has 3 amide bonds. The normalized spacial score (nSPS) is 19.9. The summed E-state index contributed by atoms with van der Waals surface area (Å²) >= 11 is 0. The fourth-order valence-electron chi connectivity index (χ4n) is 3.25. The SMILES string of the molecule is COc1ccc(C(=O)N2CCCC2CN)cc1N1CCNC1=O.Cl. The van der Waals surface area contributed by atoms with Gasteiger partial charge >= 0.3 is 6.03 Å². The highest BCUT2D eigenvalue weighted by atomic mass is 35.5. The van der Waals surface area contributed by atoms with Gasteiger partial charge in [0.15, 0.2) is 0 Å². The third-order valence-electron chi connectivity index (χ3n) is 4.48. The first-order chi connectivity index (χ1) is 11.2. The Labute approximate surface area is 147 Å². The van der Waals surface area contributed by atoms with E-state index in [4.69, 9.17) is 10.5 Å². The van der Waals surface area contributed by atoms with E-state index in [1.165, 1.54) is 0 Å². The third-order valence-corrected chi connectivity index (χ3v) is 4.48. The molecule has 0 spiro atoms. The molecule has 0 saturated carbocycles. The Morgan fingerprint density at radius 3 is 2.83 bits per heavy atom. The van der Waals surface area contributed by atoms with Gasteiger partial charge in [-0.05, 0) is 31.0 Å². The number of nitrogens with zero attached hydrogens (tertiary/aromatic N) is 2. The van der Waals surface area contributed by atoms with Gasteiger partial charge in [-0.15, -0.1) is 12.4 Å². The van der Waals surface area contributed by atoms with Crippen LogP contribution in [0.4, 0.5) is 10.5 Å². The van der Waals surface area contributed by atoms with Crippen LogP contribution in [0.2, 0.25) is 0 Å². The van der Waals surface area contributed by atoms with E-state index in [0.29, 0.717) is 36.6 Å². The number of likely N-dealkylation sites (tertiary alicyclic amines) is 1. The zero-order valence-electron chi connectivity index (χ0n) is 13.7. The minimum atomic E-state index is -0.172. The molecule has 2 fully saturated rings. The molecule has 2 heterocycles. The Balaban J connectivity index is 0.00000208. The minimum absolute atomic E-state index is 0. The number of carbonyl (C=O) groups excluding carboxylic acids is 2. The highest BCUT2D eigenvalue weighted by molar-refractivity contribution is 6.00. The second-order valence-electron chi connectivity index (χ2n) is 5.80. The topological polar surface area (TPSA) is 87.9 Å². The lowest BCUT2D eigenvalue weighted by Gasteiger charge is -2.25. The maximum atomic E-state index is 12.8. The highest BCUT2D eigenvalue weighted by Crippen LogP contribution is 2.31. The molecule has 7 nitrogen and oxygen atoms in total. The zero-order valence-corrected chi connectivity index (χ0v) is 14.5. The Bertz CT molecular complexity index is 625. The van der Waals surface area contributed by atoms with Crippen molar-refractivity contribution in [1.29, 1.82) is 0 Å². The van der Waals surface area contributed by atoms with Crippen molar-refractivity contribution in [2.45, 2.75) is 18.9 Å². The van der Waals surface area contributed by atoms with Crippen molar-refractivity contribution in [1.82, 2.24) is 10.2 Å². The van der Waals surface area contributed by atoms with E-state index in [1.807, 2.05) is 4.90 Å². The summed E-state index contributed by atoms with van der Waals surface area (Å²) in [6.45, 7) is 2.35. The fraction of sp³-hybridized carbons (Fsp3) is 0.500. The second kappa shape index (κ2) is 7.72. The maximum Gasteiger partial charge on any atom is 0.322 e. The van der Waals surface area contributed by atoms with Gasteiger partial charge in [0.05, 0.1) is 12.8 Å². The zero-order chi connectivity index (χ0) is 16.4. The van der Waals surface area contributed by atoms with Crippen molar-refractivity contribution in [3.8, 4) is 5.75 Å². The van der Waals surface area contributed by atoms with E-state index >= 15 is 0 Å². The smallest absolute Gasteiger partial charge is 0.322 e. The summed E-state index contributed by atoms with van der Waals surface area (Å²) in [6.07, 6.45) is 1.92. The number of methoxy groups -OCH3 is 1. The number of anilines is 1. The molecule has 8 heteroatoms. The molecule has 1 aromatic rings. The van der Waals surface area contributed by atoms with E-state index in [9.17, 15) is 9.59 Å². The summed E-state index contributed by atoms with van der Waals surface area (Å²) in [5, 5.41) is 2.76. The molecule has 0 bridgehead atoms. The molecule has 132 valence electrons. The molecule has 0 aromatic heterocycles. The predicted octanol–water partition coefficient (Wildman–Crippen LogP) is 1.21. The molecule has 1 unspecified atom stereocenters. The van der Waals surface area contributed by atoms with Crippen LogP contribution in [-0.2, 0) is 0 Å². The molecule has 3 rings (SSSR count). The van der Waals surface area contributed by atoms with Gasteiger partial charge in [0.25, 0.3) is 5.91 Å². The second-order valence-corrected chi connectivity index (χ2v) is 5.80. The number of halogens is 1. The largest absolute Gasteiger partial charge is 0.495 e. The number of carbonyl (C=O) groups is 2.